The van der Waals surface area contributed by atoms with Gasteiger partial charge >= 0.3 is 0 Å². The molecule has 0 atom stereocenters. The van der Waals surface area contributed by atoms with E-state index >= 15 is 0 Å². The average molecular weight is 606 g/mol. The Morgan fingerprint density at radius 3 is 2.07 bits per heavy atom. The third-order valence-electron chi connectivity index (χ3n) is 6.14. The maximum absolute atomic E-state index is 12.4. The Morgan fingerprint density at radius 1 is 0.767 bits per heavy atom. The summed E-state index contributed by atoms with van der Waals surface area (Å²) in [5.74, 6) is -0.427. The Bertz CT molecular complexity index is 1310. The van der Waals surface area contributed by atoms with Gasteiger partial charge in [0.15, 0.2) is 5.17 Å². The zero-order valence-electron chi connectivity index (χ0n) is 24.7. The molecule has 2 aromatic carbocycles. The molecule has 0 spiro atoms. The van der Waals surface area contributed by atoms with Crippen LogP contribution in [0.15, 0.2) is 78.3 Å². The molecule has 11 heteroatoms. The Morgan fingerprint density at radius 2 is 1.37 bits per heavy atom. The van der Waals surface area contributed by atoms with E-state index in [1.54, 1.807) is 12.2 Å². The first-order valence-corrected chi connectivity index (χ1v) is 15.2. The van der Waals surface area contributed by atoms with Gasteiger partial charge < -0.3 is 27.4 Å². The number of unbranched alkanes of at least 4 members (excludes halogenated alkanes) is 2. The minimum Gasteiger partial charge on any atom is -0.402 e. The molecule has 0 aromatic heterocycles. The molecule has 0 saturated carbocycles. The Labute approximate surface area is 258 Å². The van der Waals surface area contributed by atoms with E-state index in [1.165, 1.54) is 0 Å². The first-order chi connectivity index (χ1) is 20.6. The first kappa shape index (κ1) is 34.8. The van der Waals surface area contributed by atoms with Crippen LogP contribution in [-0.4, -0.2) is 34.5 Å². The van der Waals surface area contributed by atoms with Crippen LogP contribution in [0, 0.1) is 10.8 Å². The number of amides is 3. The molecule has 9 N–H and O–H groups in total. The fraction of sp³-hybridized carbons (Fsp3) is 0.344. The topological polar surface area (TPSA) is 187 Å². The van der Waals surface area contributed by atoms with Gasteiger partial charge in [-0.1, -0.05) is 67.9 Å². The average Bonchev–Trinajstić information content (AvgIpc) is 2.95. The summed E-state index contributed by atoms with van der Waals surface area (Å²) in [5, 5.41) is 24.3. The van der Waals surface area contributed by atoms with E-state index in [-0.39, 0.29) is 48.0 Å². The number of amidine groups is 1. The van der Waals surface area contributed by atoms with E-state index in [0.717, 1.165) is 47.7 Å². The predicted octanol–water partition coefficient (Wildman–Crippen LogP) is 4.01. The molecular formula is C32H43N7O3S. The van der Waals surface area contributed by atoms with Crippen LogP contribution >= 0.6 is 11.8 Å². The zero-order chi connectivity index (χ0) is 31.5. The predicted molar refractivity (Wildman–Crippen MR) is 174 cm³/mol. The van der Waals surface area contributed by atoms with Crippen LogP contribution in [0.4, 0.5) is 0 Å². The molecule has 0 aliphatic carbocycles. The second-order valence-electron chi connectivity index (χ2n) is 10.1. The Kier molecular flexibility index (Phi) is 15.9. The number of hydrogen-bond acceptors (Lipinski definition) is 8. The maximum atomic E-state index is 12.4. The van der Waals surface area contributed by atoms with Crippen LogP contribution in [0.3, 0.4) is 0 Å². The highest BCUT2D eigenvalue weighted by Gasteiger charge is 2.10. The first-order valence-electron chi connectivity index (χ1n) is 14.4. The molecule has 0 aliphatic heterocycles. The summed E-state index contributed by atoms with van der Waals surface area (Å²) >= 11 is 0.929. The van der Waals surface area contributed by atoms with Crippen molar-refractivity contribution in [3.8, 4) is 0 Å². The van der Waals surface area contributed by atoms with Crippen molar-refractivity contribution in [2.24, 2.45) is 11.5 Å². The van der Waals surface area contributed by atoms with Crippen LogP contribution in [-0.2, 0) is 33.6 Å². The highest BCUT2D eigenvalue weighted by molar-refractivity contribution is 8.26. The quantitative estimate of drug-likeness (QED) is 0.0655. The molecule has 43 heavy (non-hydrogen) atoms. The molecule has 0 bridgehead atoms. The van der Waals surface area contributed by atoms with Crippen molar-refractivity contribution in [2.75, 3.05) is 6.54 Å². The fourth-order valence-electron chi connectivity index (χ4n) is 3.98. The molecule has 0 aliphatic rings. The number of carbonyl (C=O) groups is 3. The lowest BCUT2D eigenvalue weighted by Crippen LogP contribution is -2.29. The van der Waals surface area contributed by atoms with E-state index < -0.39 is 0 Å². The van der Waals surface area contributed by atoms with Gasteiger partial charge in [0.05, 0.1) is 24.3 Å². The number of nitrogens with one attached hydrogen (secondary N) is 5. The summed E-state index contributed by atoms with van der Waals surface area (Å²) in [6.45, 7) is 2.73. The zero-order valence-corrected chi connectivity index (χ0v) is 25.5. The lowest BCUT2D eigenvalue weighted by atomic mass is 10.1. The minimum atomic E-state index is -0.286. The van der Waals surface area contributed by atoms with Crippen molar-refractivity contribution < 1.29 is 14.4 Å². The van der Waals surface area contributed by atoms with E-state index in [2.05, 4.69) is 22.9 Å². The summed E-state index contributed by atoms with van der Waals surface area (Å²) in [6, 6.07) is 16.6. The van der Waals surface area contributed by atoms with Crippen LogP contribution in [0.1, 0.15) is 62.1 Å². The molecule has 2 rings (SSSR count). The minimum absolute atomic E-state index is 0.0376. The second kappa shape index (κ2) is 19.7. The van der Waals surface area contributed by atoms with Crippen LogP contribution in [0.5, 0.6) is 0 Å². The second-order valence-corrected chi connectivity index (χ2v) is 11.2. The van der Waals surface area contributed by atoms with Crippen molar-refractivity contribution in [3.05, 3.63) is 95.0 Å². The van der Waals surface area contributed by atoms with Gasteiger partial charge in [-0.3, -0.25) is 25.2 Å². The summed E-state index contributed by atoms with van der Waals surface area (Å²) in [6.07, 6.45) is 8.19. The normalized spacial score (nSPS) is 11.5. The smallest absolute Gasteiger partial charge is 0.230 e. The number of allylic oxidation sites excluding steroid dienone is 3. The van der Waals surface area contributed by atoms with Gasteiger partial charge in [0.25, 0.3) is 0 Å². The maximum Gasteiger partial charge on any atom is 0.230 e. The SMILES string of the molecule is CCCCNC(=O)Cc1cccc(CC(=O)N/C(N)=C/C=C(\N)CCCCC(=N)SC(=N)NC(=O)Cc2ccccc2)c1. The van der Waals surface area contributed by atoms with Gasteiger partial charge in [0.2, 0.25) is 17.7 Å². The number of thioether (sulfide) groups is 1. The van der Waals surface area contributed by atoms with Crippen LogP contribution in [0.2, 0.25) is 0 Å². The number of carbonyl (C=O) groups excluding carboxylic acids is 3. The monoisotopic (exact) mass is 605 g/mol. The lowest BCUT2D eigenvalue weighted by molar-refractivity contribution is -0.121. The summed E-state index contributed by atoms with van der Waals surface area (Å²) in [4.78, 5) is 36.6. The molecular weight excluding hydrogens is 562 g/mol. The standard InChI is InChI=1S/C32H43N7O3S/c1-2-3-18-37-29(40)21-24-12-9-13-25(19-24)22-30(41)38-27(34)17-16-26(33)14-7-8-15-28(35)43-32(36)39-31(42)20-23-10-5-4-6-11-23/h4-6,9-13,16-17,19,35H,2-3,7-8,14-15,18,20-22,33-34H2,1H3,(H,37,40)(H,38,41)(H2,36,39,42)/b26-16-,27-17+,35-28?. The van der Waals surface area contributed by atoms with Crippen molar-refractivity contribution in [1.82, 2.24) is 16.0 Å². The molecule has 0 heterocycles. The van der Waals surface area contributed by atoms with Gasteiger partial charge in [0, 0.05) is 12.2 Å². The molecule has 0 unspecified atom stereocenters. The van der Waals surface area contributed by atoms with E-state index in [0.29, 0.717) is 36.5 Å². The van der Waals surface area contributed by atoms with Crippen LogP contribution < -0.4 is 27.4 Å². The van der Waals surface area contributed by atoms with Gasteiger partial charge in [-0.2, -0.15) is 0 Å². The van der Waals surface area contributed by atoms with Gasteiger partial charge in [-0.25, -0.2) is 0 Å². The Hall–Kier alpha value is -4.38. The number of rotatable bonds is 16. The summed E-state index contributed by atoms with van der Waals surface area (Å²) in [7, 11) is 0. The van der Waals surface area contributed by atoms with E-state index in [1.807, 2.05) is 54.6 Å². The van der Waals surface area contributed by atoms with Crippen LogP contribution in [0.25, 0.3) is 0 Å². The largest absolute Gasteiger partial charge is 0.402 e. The van der Waals surface area contributed by atoms with Gasteiger partial charge in [-0.05, 0) is 72.7 Å². The van der Waals surface area contributed by atoms with E-state index in [4.69, 9.17) is 22.3 Å². The summed E-state index contributed by atoms with van der Waals surface area (Å²) in [5.41, 5.74) is 15.1. The highest BCUT2D eigenvalue weighted by Crippen LogP contribution is 2.13. The van der Waals surface area contributed by atoms with Crippen molar-refractivity contribution in [2.45, 2.75) is 64.7 Å². The third-order valence-corrected chi connectivity index (χ3v) is 6.90. The molecule has 2 aromatic rings. The number of benzene rings is 2. The van der Waals surface area contributed by atoms with Crippen molar-refractivity contribution >= 4 is 39.7 Å². The molecule has 0 saturated heterocycles. The third kappa shape index (κ3) is 16.0. The Balaban J connectivity index is 1.66. The molecule has 0 fully saturated rings. The molecule has 3 amide bonds. The van der Waals surface area contributed by atoms with Gasteiger partial charge in [-0.15, -0.1) is 0 Å². The molecule has 0 radical (unpaired) electrons. The summed E-state index contributed by atoms with van der Waals surface area (Å²) < 4.78 is 0. The van der Waals surface area contributed by atoms with Gasteiger partial charge in [0.1, 0.15) is 5.82 Å². The van der Waals surface area contributed by atoms with Crippen molar-refractivity contribution in [1.29, 1.82) is 10.8 Å². The number of hydrogen-bond donors (Lipinski definition) is 7. The van der Waals surface area contributed by atoms with Crippen molar-refractivity contribution in [3.63, 3.8) is 0 Å². The molecule has 10 nitrogen and oxygen atoms in total. The van der Waals surface area contributed by atoms with E-state index in [9.17, 15) is 14.4 Å². The lowest BCUT2D eigenvalue weighted by Gasteiger charge is -2.08. The highest BCUT2D eigenvalue weighted by atomic mass is 32.2. The fourth-order valence-corrected chi connectivity index (χ4v) is 4.64. The molecule has 230 valence electrons. The number of nitrogens with two attached hydrogens (primary N) is 2.